The molecule has 8 nitrogen and oxygen atoms in total. The standard InChI is InChI=1S/C20H17N5O3S/c1-28-15-9-7-14(8-10-15)21-18(26)13-24-20(27)25-17(22-24)11-12-19(23-25)29-16-5-3-2-4-6-16/h2-12H,13H2,1H3,(H,21,26). The molecule has 2 heterocycles. The van der Waals surface area contributed by atoms with Gasteiger partial charge in [-0.15, -0.1) is 5.10 Å². The third kappa shape index (κ3) is 4.30. The first-order valence-corrected chi connectivity index (χ1v) is 9.58. The molecule has 0 aliphatic rings. The lowest BCUT2D eigenvalue weighted by atomic mass is 10.3. The number of carbonyl (C=O) groups is 1. The van der Waals surface area contributed by atoms with E-state index < -0.39 is 5.69 Å². The van der Waals surface area contributed by atoms with Gasteiger partial charge in [-0.2, -0.15) is 9.61 Å². The van der Waals surface area contributed by atoms with E-state index in [1.165, 1.54) is 16.3 Å². The molecule has 0 bridgehead atoms. The van der Waals surface area contributed by atoms with Gasteiger partial charge in [0.25, 0.3) is 0 Å². The lowest BCUT2D eigenvalue weighted by molar-refractivity contribution is -0.117. The first-order chi connectivity index (χ1) is 14.1. The molecule has 1 amide bonds. The van der Waals surface area contributed by atoms with Crippen molar-refractivity contribution in [3.63, 3.8) is 0 Å². The largest absolute Gasteiger partial charge is 0.497 e. The van der Waals surface area contributed by atoms with Gasteiger partial charge in [0.05, 0.1) is 7.11 Å². The maximum atomic E-state index is 12.6. The highest BCUT2D eigenvalue weighted by Gasteiger charge is 2.13. The normalized spacial score (nSPS) is 10.8. The minimum atomic E-state index is -0.472. The van der Waals surface area contributed by atoms with Gasteiger partial charge in [0.2, 0.25) is 5.91 Å². The van der Waals surface area contributed by atoms with Crippen molar-refractivity contribution in [1.29, 1.82) is 0 Å². The number of hydrogen-bond acceptors (Lipinski definition) is 6. The Balaban J connectivity index is 1.50. The summed E-state index contributed by atoms with van der Waals surface area (Å²) in [6, 6.07) is 20.2. The number of carbonyl (C=O) groups excluding carboxylic acids is 1. The molecule has 2 aromatic carbocycles. The zero-order valence-corrected chi connectivity index (χ0v) is 16.3. The number of aromatic nitrogens is 4. The van der Waals surface area contributed by atoms with Gasteiger partial charge in [-0.1, -0.05) is 30.0 Å². The van der Waals surface area contributed by atoms with Crippen LogP contribution < -0.4 is 15.7 Å². The Kier molecular flexibility index (Phi) is 5.30. The fraction of sp³-hybridized carbons (Fsp3) is 0.100. The van der Waals surface area contributed by atoms with Crippen LogP contribution in [0.1, 0.15) is 0 Å². The Morgan fingerprint density at radius 3 is 2.52 bits per heavy atom. The van der Waals surface area contributed by atoms with Crippen molar-refractivity contribution in [1.82, 2.24) is 19.4 Å². The van der Waals surface area contributed by atoms with Gasteiger partial charge < -0.3 is 10.1 Å². The maximum Gasteiger partial charge on any atom is 0.367 e. The fourth-order valence-electron chi connectivity index (χ4n) is 2.67. The van der Waals surface area contributed by atoms with Crippen LogP contribution >= 0.6 is 11.8 Å². The van der Waals surface area contributed by atoms with Crippen LogP contribution in [0.2, 0.25) is 0 Å². The minimum Gasteiger partial charge on any atom is -0.497 e. The number of methoxy groups -OCH3 is 1. The Bertz CT molecular complexity index is 1200. The molecule has 146 valence electrons. The molecule has 0 unspecified atom stereocenters. The molecule has 4 aromatic rings. The Morgan fingerprint density at radius 2 is 1.79 bits per heavy atom. The molecular formula is C20H17N5O3S. The molecule has 29 heavy (non-hydrogen) atoms. The zero-order valence-electron chi connectivity index (χ0n) is 15.5. The van der Waals surface area contributed by atoms with E-state index >= 15 is 0 Å². The highest BCUT2D eigenvalue weighted by molar-refractivity contribution is 7.99. The number of hydrogen-bond donors (Lipinski definition) is 1. The summed E-state index contributed by atoms with van der Waals surface area (Å²) in [5, 5.41) is 11.9. The molecule has 1 N–H and O–H groups in total. The van der Waals surface area contributed by atoms with E-state index in [9.17, 15) is 9.59 Å². The molecule has 9 heteroatoms. The average Bonchev–Trinajstić information content (AvgIpc) is 3.04. The Labute approximate surface area is 170 Å². The van der Waals surface area contributed by atoms with Crippen LogP contribution in [-0.4, -0.2) is 32.4 Å². The van der Waals surface area contributed by atoms with Crippen molar-refractivity contribution in [3.05, 3.63) is 77.2 Å². The highest BCUT2D eigenvalue weighted by Crippen LogP contribution is 2.25. The SMILES string of the molecule is COc1ccc(NC(=O)Cn2nc3ccc(Sc4ccccc4)nn3c2=O)cc1. The van der Waals surface area contributed by atoms with E-state index in [0.717, 1.165) is 9.58 Å². The number of nitrogens with zero attached hydrogens (tertiary/aromatic N) is 4. The summed E-state index contributed by atoms with van der Waals surface area (Å²) >= 11 is 1.44. The smallest absolute Gasteiger partial charge is 0.367 e. The summed E-state index contributed by atoms with van der Waals surface area (Å²) in [7, 11) is 1.57. The third-order valence-corrected chi connectivity index (χ3v) is 4.98. The molecular weight excluding hydrogens is 390 g/mol. The van der Waals surface area contributed by atoms with E-state index in [0.29, 0.717) is 22.1 Å². The number of rotatable bonds is 6. The molecule has 0 atom stereocenters. The summed E-state index contributed by atoms with van der Waals surface area (Å²) in [5.41, 5.74) is 0.511. The van der Waals surface area contributed by atoms with Gasteiger partial charge in [-0.25, -0.2) is 9.48 Å². The first kappa shape index (κ1) is 18.8. The van der Waals surface area contributed by atoms with Crippen LogP contribution in [0.3, 0.4) is 0 Å². The predicted octanol–water partition coefficient (Wildman–Crippen LogP) is 2.69. The van der Waals surface area contributed by atoms with Gasteiger partial charge >= 0.3 is 5.69 Å². The van der Waals surface area contributed by atoms with Crippen molar-refractivity contribution < 1.29 is 9.53 Å². The topological polar surface area (TPSA) is 90.5 Å². The van der Waals surface area contributed by atoms with Gasteiger partial charge in [0.1, 0.15) is 17.3 Å². The van der Waals surface area contributed by atoms with Crippen LogP contribution in [0.5, 0.6) is 5.75 Å². The second kappa shape index (κ2) is 8.19. The van der Waals surface area contributed by atoms with Crippen LogP contribution in [0.25, 0.3) is 5.65 Å². The second-order valence-electron chi connectivity index (χ2n) is 6.07. The lowest BCUT2D eigenvalue weighted by Gasteiger charge is -2.05. The van der Waals surface area contributed by atoms with Crippen LogP contribution in [-0.2, 0) is 11.3 Å². The van der Waals surface area contributed by atoms with Crippen LogP contribution in [0.15, 0.2) is 81.4 Å². The summed E-state index contributed by atoms with van der Waals surface area (Å²) < 4.78 is 7.38. The Hall–Kier alpha value is -3.59. The fourth-order valence-corrected chi connectivity index (χ4v) is 3.46. The summed E-state index contributed by atoms with van der Waals surface area (Å²) in [4.78, 5) is 25.9. The summed E-state index contributed by atoms with van der Waals surface area (Å²) in [5.74, 6) is 0.328. The third-order valence-electron chi connectivity index (χ3n) is 4.05. The van der Waals surface area contributed by atoms with E-state index in [4.69, 9.17) is 4.74 Å². The Morgan fingerprint density at radius 1 is 1.03 bits per heavy atom. The van der Waals surface area contributed by atoms with E-state index in [1.807, 2.05) is 30.3 Å². The number of amides is 1. The van der Waals surface area contributed by atoms with Gasteiger partial charge in [0, 0.05) is 10.6 Å². The van der Waals surface area contributed by atoms with E-state index in [1.54, 1.807) is 43.5 Å². The van der Waals surface area contributed by atoms with E-state index in [2.05, 4.69) is 15.5 Å². The molecule has 0 saturated carbocycles. The van der Waals surface area contributed by atoms with Crippen molar-refractivity contribution in [2.45, 2.75) is 16.5 Å². The minimum absolute atomic E-state index is 0.213. The molecule has 0 spiro atoms. The van der Waals surface area contributed by atoms with E-state index in [-0.39, 0.29) is 12.5 Å². The molecule has 0 aliphatic carbocycles. The molecule has 2 aromatic heterocycles. The number of fused-ring (bicyclic) bond motifs is 1. The lowest BCUT2D eigenvalue weighted by Crippen LogP contribution is -2.28. The zero-order chi connectivity index (χ0) is 20.2. The van der Waals surface area contributed by atoms with Crippen molar-refractivity contribution in [3.8, 4) is 5.75 Å². The molecule has 0 aliphatic heterocycles. The van der Waals surface area contributed by atoms with Crippen LogP contribution in [0, 0.1) is 0 Å². The number of nitrogens with one attached hydrogen (secondary N) is 1. The number of ether oxygens (including phenoxy) is 1. The van der Waals surface area contributed by atoms with Crippen LogP contribution in [0.4, 0.5) is 5.69 Å². The van der Waals surface area contributed by atoms with Crippen molar-refractivity contribution in [2.75, 3.05) is 12.4 Å². The van der Waals surface area contributed by atoms with Gasteiger partial charge in [-0.3, -0.25) is 4.79 Å². The quantitative estimate of drug-likeness (QED) is 0.529. The molecule has 0 radical (unpaired) electrons. The van der Waals surface area contributed by atoms with Crippen molar-refractivity contribution >= 4 is 29.0 Å². The first-order valence-electron chi connectivity index (χ1n) is 8.76. The number of benzene rings is 2. The summed E-state index contributed by atoms with van der Waals surface area (Å²) in [6.07, 6.45) is 0. The highest BCUT2D eigenvalue weighted by atomic mass is 32.2. The van der Waals surface area contributed by atoms with Gasteiger partial charge in [-0.05, 0) is 48.5 Å². The molecule has 0 saturated heterocycles. The average molecular weight is 407 g/mol. The maximum absolute atomic E-state index is 12.6. The van der Waals surface area contributed by atoms with Crippen molar-refractivity contribution in [2.24, 2.45) is 0 Å². The molecule has 0 fully saturated rings. The monoisotopic (exact) mass is 407 g/mol. The number of anilines is 1. The summed E-state index contributed by atoms with van der Waals surface area (Å²) in [6.45, 7) is -0.213. The molecule has 4 rings (SSSR count). The second-order valence-corrected chi connectivity index (χ2v) is 7.17. The van der Waals surface area contributed by atoms with Gasteiger partial charge in [0.15, 0.2) is 5.65 Å². The predicted molar refractivity (Wildman–Crippen MR) is 109 cm³/mol.